The van der Waals surface area contributed by atoms with Crippen molar-refractivity contribution in [1.82, 2.24) is 9.55 Å². The summed E-state index contributed by atoms with van der Waals surface area (Å²) in [5, 5.41) is -0.237. The van der Waals surface area contributed by atoms with Crippen molar-refractivity contribution in [1.29, 1.82) is 0 Å². The first kappa shape index (κ1) is 15.1. The third-order valence-electron chi connectivity index (χ3n) is 3.04. The lowest BCUT2D eigenvalue weighted by Crippen LogP contribution is -2.17. The quantitative estimate of drug-likeness (QED) is 0.778. The molecule has 1 aromatic carbocycles. The maximum Gasteiger partial charge on any atom is 0.167 e. The van der Waals surface area contributed by atoms with E-state index >= 15 is 0 Å². The monoisotopic (exact) mass is 298 g/mol. The maximum absolute atomic E-state index is 13.8. The zero-order valence-corrected chi connectivity index (χ0v) is 13.3. The van der Waals surface area contributed by atoms with E-state index in [0.717, 1.165) is 17.9 Å². The molecule has 20 heavy (non-hydrogen) atoms. The Hall–Kier alpha value is -1.29. The van der Waals surface area contributed by atoms with Gasteiger partial charge in [0, 0.05) is 18.7 Å². The van der Waals surface area contributed by atoms with Crippen LogP contribution in [0, 0.1) is 11.2 Å². The fourth-order valence-electron chi connectivity index (χ4n) is 2.25. The van der Waals surface area contributed by atoms with Gasteiger partial charge in [0.15, 0.2) is 11.6 Å². The maximum atomic E-state index is 13.8. The number of methoxy groups -OCH3 is 1. The van der Waals surface area contributed by atoms with Crippen LogP contribution in [-0.4, -0.2) is 16.7 Å². The Kier molecular flexibility index (Phi) is 3.96. The molecule has 0 aliphatic carbocycles. The average molecular weight is 299 g/mol. The molecule has 1 aromatic heterocycles. The SMILES string of the molecule is COc1cc2c(cc1F)nc(C(C)Cl)n2CC(C)(C)C. The van der Waals surface area contributed by atoms with E-state index in [1.165, 1.54) is 13.2 Å². The first-order valence-electron chi connectivity index (χ1n) is 6.60. The minimum Gasteiger partial charge on any atom is -0.494 e. The highest BCUT2D eigenvalue weighted by Gasteiger charge is 2.21. The fraction of sp³-hybridized carbons (Fsp3) is 0.533. The minimum atomic E-state index is -0.408. The Morgan fingerprint density at radius 2 is 2.05 bits per heavy atom. The summed E-state index contributed by atoms with van der Waals surface area (Å²) in [4.78, 5) is 4.47. The lowest BCUT2D eigenvalue weighted by molar-refractivity contribution is 0.342. The normalized spacial score (nSPS) is 13.8. The van der Waals surface area contributed by atoms with E-state index < -0.39 is 5.82 Å². The van der Waals surface area contributed by atoms with Gasteiger partial charge in [-0.15, -0.1) is 11.6 Å². The zero-order valence-electron chi connectivity index (χ0n) is 12.5. The van der Waals surface area contributed by atoms with E-state index in [4.69, 9.17) is 16.3 Å². The first-order chi connectivity index (χ1) is 9.23. The number of hydrogen-bond donors (Lipinski definition) is 0. The number of aromatic nitrogens is 2. The molecule has 110 valence electrons. The van der Waals surface area contributed by atoms with Crippen molar-refractivity contribution >= 4 is 22.6 Å². The molecule has 0 N–H and O–H groups in total. The van der Waals surface area contributed by atoms with Crippen LogP contribution < -0.4 is 4.74 Å². The summed E-state index contributed by atoms with van der Waals surface area (Å²) in [5.74, 6) is 0.569. The third kappa shape index (κ3) is 2.90. The Labute approximate surface area is 123 Å². The van der Waals surface area contributed by atoms with Crippen molar-refractivity contribution in [2.24, 2.45) is 5.41 Å². The van der Waals surface area contributed by atoms with Crippen LogP contribution in [0.3, 0.4) is 0 Å². The first-order valence-corrected chi connectivity index (χ1v) is 7.04. The van der Waals surface area contributed by atoms with Gasteiger partial charge < -0.3 is 9.30 Å². The molecule has 0 aliphatic heterocycles. The van der Waals surface area contributed by atoms with Crippen LogP contribution in [0.4, 0.5) is 4.39 Å². The van der Waals surface area contributed by atoms with Crippen LogP contribution >= 0.6 is 11.6 Å². The van der Waals surface area contributed by atoms with Crippen molar-refractivity contribution in [3.63, 3.8) is 0 Å². The lowest BCUT2D eigenvalue weighted by Gasteiger charge is -2.22. The number of alkyl halides is 1. The molecule has 3 nitrogen and oxygen atoms in total. The van der Waals surface area contributed by atoms with Crippen LogP contribution in [0.2, 0.25) is 0 Å². The third-order valence-corrected chi connectivity index (χ3v) is 3.23. The van der Waals surface area contributed by atoms with Crippen molar-refractivity contribution in [3.8, 4) is 5.75 Å². The summed E-state index contributed by atoms with van der Waals surface area (Å²) in [6.07, 6.45) is 0. The standard InChI is InChI=1S/C15H20ClFN2O/c1-9(16)14-18-11-6-10(17)13(20-5)7-12(11)19(14)8-15(2,3)4/h6-7,9H,8H2,1-5H3. The predicted molar refractivity (Wildman–Crippen MR) is 80.0 cm³/mol. The molecule has 0 fully saturated rings. The average Bonchev–Trinajstić information content (AvgIpc) is 2.64. The summed E-state index contributed by atoms with van der Waals surface area (Å²) in [6.45, 7) is 9.05. The van der Waals surface area contributed by atoms with Gasteiger partial charge in [-0.05, 0) is 12.3 Å². The van der Waals surface area contributed by atoms with Crippen molar-refractivity contribution in [2.75, 3.05) is 7.11 Å². The van der Waals surface area contributed by atoms with Crippen LogP contribution in [0.15, 0.2) is 12.1 Å². The minimum absolute atomic E-state index is 0.0653. The van der Waals surface area contributed by atoms with Crippen molar-refractivity contribution in [2.45, 2.75) is 39.6 Å². The van der Waals surface area contributed by atoms with Crippen LogP contribution in [-0.2, 0) is 6.54 Å². The van der Waals surface area contributed by atoms with E-state index in [1.54, 1.807) is 6.07 Å². The summed E-state index contributed by atoms with van der Waals surface area (Å²) in [7, 11) is 1.46. The Morgan fingerprint density at radius 3 is 2.55 bits per heavy atom. The molecule has 0 bridgehead atoms. The second-order valence-electron chi connectivity index (χ2n) is 6.21. The molecular weight excluding hydrogens is 279 g/mol. The summed E-state index contributed by atoms with van der Waals surface area (Å²) in [5.41, 5.74) is 1.52. The van der Waals surface area contributed by atoms with Gasteiger partial charge in [0.1, 0.15) is 5.82 Å². The van der Waals surface area contributed by atoms with E-state index in [-0.39, 0.29) is 16.5 Å². The van der Waals surface area contributed by atoms with Crippen LogP contribution in [0.1, 0.15) is 38.9 Å². The van der Waals surface area contributed by atoms with Gasteiger partial charge in [-0.25, -0.2) is 9.37 Å². The zero-order chi connectivity index (χ0) is 15.1. The molecule has 0 amide bonds. The lowest BCUT2D eigenvalue weighted by atomic mass is 9.96. The molecule has 1 atom stereocenters. The van der Waals surface area contributed by atoms with Gasteiger partial charge in [-0.3, -0.25) is 0 Å². The highest BCUT2D eigenvalue weighted by atomic mass is 35.5. The number of rotatable bonds is 3. The summed E-state index contributed by atoms with van der Waals surface area (Å²) < 4.78 is 20.9. The fourth-order valence-corrected chi connectivity index (χ4v) is 2.41. The van der Waals surface area contributed by atoms with Gasteiger partial charge in [-0.1, -0.05) is 20.8 Å². The topological polar surface area (TPSA) is 27.1 Å². The number of nitrogens with zero attached hydrogens (tertiary/aromatic N) is 2. The number of hydrogen-bond acceptors (Lipinski definition) is 2. The molecule has 2 aromatic rings. The summed E-state index contributed by atoms with van der Waals surface area (Å²) >= 11 is 6.21. The highest BCUT2D eigenvalue weighted by molar-refractivity contribution is 6.20. The van der Waals surface area contributed by atoms with Gasteiger partial charge >= 0.3 is 0 Å². The van der Waals surface area contributed by atoms with E-state index in [9.17, 15) is 4.39 Å². The molecule has 5 heteroatoms. The van der Waals surface area contributed by atoms with Crippen LogP contribution in [0.25, 0.3) is 11.0 Å². The van der Waals surface area contributed by atoms with Crippen LogP contribution in [0.5, 0.6) is 5.75 Å². The van der Waals surface area contributed by atoms with Crippen molar-refractivity contribution < 1.29 is 9.13 Å². The predicted octanol–water partition coefficient (Wildman–Crippen LogP) is 4.53. The number of fused-ring (bicyclic) bond motifs is 1. The Balaban J connectivity index is 2.69. The van der Waals surface area contributed by atoms with E-state index in [0.29, 0.717) is 5.52 Å². The van der Waals surface area contributed by atoms with Gasteiger partial charge in [0.05, 0.1) is 23.5 Å². The molecule has 0 spiro atoms. The van der Waals surface area contributed by atoms with Gasteiger partial charge in [0.2, 0.25) is 0 Å². The molecule has 0 aliphatic rings. The molecular formula is C15H20ClFN2O. The molecule has 2 rings (SSSR count). The second-order valence-corrected chi connectivity index (χ2v) is 6.86. The largest absolute Gasteiger partial charge is 0.494 e. The smallest absolute Gasteiger partial charge is 0.167 e. The summed E-state index contributed by atoms with van der Waals surface area (Å²) in [6, 6.07) is 3.09. The van der Waals surface area contributed by atoms with Gasteiger partial charge in [0.25, 0.3) is 0 Å². The number of ether oxygens (including phenoxy) is 1. The number of benzene rings is 1. The highest BCUT2D eigenvalue weighted by Crippen LogP contribution is 2.31. The van der Waals surface area contributed by atoms with E-state index in [1.807, 2.05) is 6.92 Å². The van der Waals surface area contributed by atoms with Crippen molar-refractivity contribution in [3.05, 3.63) is 23.8 Å². The molecule has 0 saturated heterocycles. The number of imidazole rings is 1. The molecule has 0 radical (unpaired) electrons. The van der Waals surface area contributed by atoms with Gasteiger partial charge in [-0.2, -0.15) is 0 Å². The van der Waals surface area contributed by atoms with E-state index in [2.05, 4.69) is 30.3 Å². The molecule has 1 unspecified atom stereocenters. The second kappa shape index (κ2) is 5.24. The molecule has 1 heterocycles. The molecule has 0 saturated carbocycles. The Morgan fingerprint density at radius 1 is 1.40 bits per heavy atom. The Bertz CT molecular complexity index is 629. The number of halogens is 2.